The van der Waals surface area contributed by atoms with Crippen molar-refractivity contribution in [1.82, 2.24) is 9.78 Å². The third kappa shape index (κ3) is 3.02. The number of benzene rings is 1. The molecule has 2 rings (SSSR count). The minimum atomic E-state index is -3.65. The summed E-state index contributed by atoms with van der Waals surface area (Å²) in [6.07, 6.45) is 1.58. The van der Waals surface area contributed by atoms with Gasteiger partial charge in [-0.25, -0.2) is 8.42 Å². The molecular formula is C16H23N3O2S. The number of sulfonamides is 1. The summed E-state index contributed by atoms with van der Waals surface area (Å²) in [7, 11) is -1.90. The molecule has 1 heterocycles. The highest BCUT2D eigenvalue weighted by Crippen LogP contribution is 2.31. The largest absolute Gasteiger partial charge is 0.274 e. The van der Waals surface area contributed by atoms with Crippen molar-refractivity contribution in [2.24, 2.45) is 7.05 Å². The van der Waals surface area contributed by atoms with Crippen LogP contribution in [0.2, 0.25) is 0 Å². The number of para-hydroxylation sites is 1. The second kappa shape index (κ2) is 5.76. The van der Waals surface area contributed by atoms with Crippen LogP contribution in [0, 0.1) is 0 Å². The summed E-state index contributed by atoms with van der Waals surface area (Å²) in [5, 5.41) is 4.37. The number of anilines is 1. The fourth-order valence-corrected chi connectivity index (χ4v) is 4.23. The summed E-state index contributed by atoms with van der Waals surface area (Å²) in [5.74, 6) is 0. The van der Waals surface area contributed by atoms with Crippen molar-refractivity contribution in [1.29, 1.82) is 0 Å². The first-order valence-electron chi connectivity index (χ1n) is 7.30. The average Bonchev–Trinajstić information content (AvgIpc) is 2.83. The van der Waals surface area contributed by atoms with E-state index in [9.17, 15) is 8.42 Å². The van der Waals surface area contributed by atoms with Crippen LogP contribution in [0.5, 0.6) is 0 Å². The highest BCUT2D eigenvalue weighted by molar-refractivity contribution is 7.92. The number of aryl methyl sites for hydroxylation is 1. The fraction of sp³-hybridized carbons (Fsp3) is 0.438. The van der Waals surface area contributed by atoms with Gasteiger partial charge in [0, 0.05) is 25.2 Å². The van der Waals surface area contributed by atoms with Crippen LogP contribution in [0.3, 0.4) is 0 Å². The number of hydrogen-bond donors (Lipinski definition) is 0. The second-order valence-corrected chi connectivity index (χ2v) is 8.10. The van der Waals surface area contributed by atoms with Gasteiger partial charge in [-0.05, 0) is 19.1 Å². The first-order chi connectivity index (χ1) is 10.2. The van der Waals surface area contributed by atoms with Gasteiger partial charge in [-0.1, -0.05) is 39.0 Å². The van der Waals surface area contributed by atoms with E-state index in [1.807, 2.05) is 45.9 Å². The summed E-state index contributed by atoms with van der Waals surface area (Å²) in [5.41, 5.74) is 0.901. The van der Waals surface area contributed by atoms with Crippen molar-refractivity contribution in [3.8, 4) is 0 Å². The Hall–Kier alpha value is -1.82. The first-order valence-corrected chi connectivity index (χ1v) is 8.74. The zero-order valence-electron chi connectivity index (χ0n) is 13.7. The molecule has 0 amide bonds. The van der Waals surface area contributed by atoms with Gasteiger partial charge in [-0.2, -0.15) is 5.10 Å². The molecule has 0 aliphatic heterocycles. The van der Waals surface area contributed by atoms with Crippen LogP contribution in [0.15, 0.2) is 41.4 Å². The number of aromatic nitrogens is 2. The molecule has 2 aromatic rings. The lowest BCUT2D eigenvalue weighted by molar-refractivity contribution is 0.537. The monoisotopic (exact) mass is 321 g/mol. The summed E-state index contributed by atoms with van der Waals surface area (Å²) in [6.45, 7) is 8.09. The Morgan fingerprint density at radius 2 is 1.77 bits per heavy atom. The average molecular weight is 321 g/mol. The SMILES string of the molecule is CCN(c1ccccc1)S(=O)(=O)c1cn(C)nc1C(C)(C)C. The Balaban J connectivity index is 2.60. The normalized spacial score (nSPS) is 12.4. The van der Waals surface area contributed by atoms with E-state index < -0.39 is 10.0 Å². The summed E-state index contributed by atoms with van der Waals surface area (Å²) < 4.78 is 29.2. The van der Waals surface area contributed by atoms with Gasteiger partial charge in [0.05, 0.1) is 11.4 Å². The molecule has 0 fully saturated rings. The van der Waals surface area contributed by atoms with Gasteiger partial charge in [-0.3, -0.25) is 8.99 Å². The molecule has 22 heavy (non-hydrogen) atoms. The van der Waals surface area contributed by atoms with Crippen molar-refractivity contribution < 1.29 is 8.42 Å². The lowest BCUT2D eigenvalue weighted by Crippen LogP contribution is -2.32. The predicted octanol–water partition coefficient (Wildman–Crippen LogP) is 2.93. The van der Waals surface area contributed by atoms with Crippen molar-refractivity contribution in [2.45, 2.75) is 38.0 Å². The topological polar surface area (TPSA) is 55.2 Å². The smallest absolute Gasteiger partial charge is 0.267 e. The van der Waals surface area contributed by atoms with Crippen LogP contribution >= 0.6 is 0 Å². The van der Waals surface area contributed by atoms with Gasteiger partial charge < -0.3 is 0 Å². The molecular weight excluding hydrogens is 298 g/mol. The van der Waals surface area contributed by atoms with Crippen LogP contribution in [0.25, 0.3) is 0 Å². The van der Waals surface area contributed by atoms with Gasteiger partial charge in [-0.15, -0.1) is 0 Å². The molecule has 0 aliphatic rings. The minimum Gasteiger partial charge on any atom is -0.274 e. The van der Waals surface area contributed by atoms with Crippen molar-refractivity contribution in [3.05, 3.63) is 42.2 Å². The zero-order valence-corrected chi connectivity index (χ0v) is 14.6. The van der Waals surface area contributed by atoms with Crippen LogP contribution < -0.4 is 4.31 Å². The van der Waals surface area contributed by atoms with E-state index in [1.54, 1.807) is 30.1 Å². The second-order valence-electron chi connectivity index (χ2n) is 6.27. The summed E-state index contributed by atoms with van der Waals surface area (Å²) >= 11 is 0. The van der Waals surface area contributed by atoms with Gasteiger partial charge in [0.15, 0.2) is 0 Å². The molecule has 0 unspecified atom stereocenters. The van der Waals surface area contributed by atoms with Gasteiger partial charge in [0.2, 0.25) is 0 Å². The van der Waals surface area contributed by atoms with E-state index in [1.165, 1.54) is 4.31 Å². The predicted molar refractivity (Wildman–Crippen MR) is 88.6 cm³/mol. The molecule has 0 atom stereocenters. The maximum Gasteiger partial charge on any atom is 0.267 e. The number of hydrogen-bond acceptors (Lipinski definition) is 3. The van der Waals surface area contributed by atoms with Crippen molar-refractivity contribution in [3.63, 3.8) is 0 Å². The van der Waals surface area contributed by atoms with Crippen LogP contribution in [0.1, 0.15) is 33.4 Å². The summed E-state index contributed by atoms with van der Waals surface area (Å²) in [4.78, 5) is 0.271. The van der Waals surface area contributed by atoms with E-state index >= 15 is 0 Å². The Morgan fingerprint density at radius 1 is 1.18 bits per heavy atom. The third-order valence-electron chi connectivity index (χ3n) is 3.41. The minimum absolute atomic E-state index is 0.271. The lowest BCUT2D eigenvalue weighted by atomic mass is 9.92. The quantitative estimate of drug-likeness (QED) is 0.870. The molecule has 1 aromatic carbocycles. The molecule has 0 saturated heterocycles. The maximum atomic E-state index is 13.1. The molecule has 6 heteroatoms. The molecule has 0 spiro atoms. The Kier molecular flexibility index (Phi) is 4.33. The zero-order chi connectivity index (χ0) is 16.5. The number of rotatable bonds is 4. The van der Waals surface area contributed by atoms with Crippen LogP contribution in [-0.4, -0.2) is 24.7 Å². The van der Waals surface area contributed by atoms with Gasteiger partial charge in [0.1, 0.15) is 4.90 Å². The first kappa shape index (κ1) is 16.5. The molecule has 120 valence electrons. The van der Waals surface area contributed by atoms with E-state index in [0.29, 0.717) is 17.9 Å². The van der Waals surface area contributed by atoms with Crippen molar-refractivity contribution in [2.75, 3.05) is 10.8 Å². The van der Waals surface area contributed by atoms with E-state index in [-0.39, 0.29) is 10.3 Å². The van der Waals surface area contributed by atoms with Crippen LogP contribution in [0.4, 0.5) is 5.69 Å². The number of nitrogens with zero attached hydrogens (tertiary/aromatic N) is 3. The van der Waals surface area contributed by atoms with E-state index in [2.05, 4.69) is 5.10 Å². The van der Waals surface area contributed by atoms with E-state index in [4.69, 9.17) is 0 Å². The molecule has 0 aliphatic carbocycles. The lowest BCUT2D eigenvalue weighted by Gasteiger charge is -2.24. The van der Waals surface area contributed by atoms with Crippen molar-refractivity contribution >= 4 is 15.7 Å². The highest BCUT2D eigenvalue weighted by Gasteiger charge is 2.33. The molecule has 0 radical (unpaired) electrons. The summed E-state index contributed by atoms with van der Waals surface area (Å²) in [6, 6.07) is 9.14. The van der Waals surface area contributed by atoms with E-state index in [0.717, 1.165) is 0 Å². The Labute approximate surface area is 132 Å². The molecule has 0 bridgehead atoms. The maximum absolute atomic E-state index is 13.1. The van der Waals surface area contributed by atoms with Gasteiger partial charge in [0.25, 0.3) is 10.0 Å². The standard InChI is InChI=1S/C16H23N3O2S/c1-6-19(13-10-8-7-9-11-13)22(20,21)14-12-18(5)17-15(14)16(2,3)4/h7-12H,6H2,1-5H3. The Bertz CT molecular complexity index is 743. The molecule has 0 N–H and O–H groups in total. The highest BCUT2D eigenvalue weighted by atomic mass is 32.2. The molecule has 1 aromatic heterocycles. The molecule has 0 saturated carbocycles. The fourth-order valence-electron chi connectivity index (χ4n) is 2.38. The Morgan fingerprint density at radius 3 is 2.27 bits per heavy atom. The van der Waals surface area contributed by atoms with Gasteiger partial charge >= 0.3 is 0 Å². The molecule has 5 nitrogen and oxygen atoms in total. The van der Waals surface area contributed by atoms with Crippen LogP contribution in [-0.2, 0) is 22.5 Å². The third-order valence-corrected chi connectivity index (χ3v) is 5.31.